The van der Waals surface area contributed by atoms with Gasteiger partial charge in [-0.2, -0.15) is 0 Å². The predicted molar refractivity (Wildman–Crippen MR) is 75.5 cm³/mol. The SMILES string of the molecule is Fc1cc(CNc2ccc(Br)c(F)c2)ccc1Br. The first-order valence-corrected chi connectivity index (χ1v) is 6.78. The molecule has 0 fully saturated rings. The molecule has 2 aromatic rings. The van der Waals surface area contributed by atoms with Gasteiger partial charge in [-0.1, -0.05) is 6.07 Å². The van der Waals surface area contributed by atoms with Crippen LogP contribution in [0, 0.1) is 11.6 Å². The molecule has 0 radical (unpaired) electrons. The zero-order chi connectivity index (χ0) is 13.1. The summed E-state index contributed by atoms with van der Waals surface area (Å²) in [7, 11) is 0. The van der Waals surface area contributed by atoms with E-state index in [1.807, 2.05) is 0 Å². The summed E-state index contributed by atoms with van der Waals surface area (Å²) in [6.07, 6.45) is 0. The summed E-state index contributed by atoms with van der Waals surface area (Å²) >= 11 is 6.18. The molecule has 94 valence electrons. The fraction of sp³-hybridized carbons (Fsp3) is 0.0769. The average molecular weight is 377 g/mol. The number of rotatable bonds is 3. The maximum absolute atomic E-state index is 13.3. The fourth-order valence-electron chi connectivity index (χ4n) is 1.46. The van der Waals surface area contributed by atoms with Crippen molar-refractivity contribution in [2.24, 2.45) is 0 Å². The summed E-state index contributed by atoms with van der Waals surface area (Å²) in [6.45, 7) is 0.436. The Labute approximate surface area is 120 Å². The van der Waals surface area contributed by atoms with E-state index in [-0.39, 0.29) is 11.6 Å². The smallest absolute Gasteiger partial charge is 0.139 e. The summed E-state index contributed by atoms with van der Waals surface area (Å²) < 4.78 is 27.4. The van der Waals surface area contributed by atoms with Gasteiger partial charge in [0.15, 0.2) is 0 Å². The molecule has 0 saturated carbocycles. The predicted octanol–water partition coefficient (Wildman–Crippen LogP) is 5.10. The minimum atomic E-state index is -0.331. The van der Waals surface area contributed by atoms with E-state index in [1.165, 1.54) is 12.1 Å². The second kappa shape index (κ2) is 5.80. The van der Waals surface area contributed by atoms with E-state index in [1.54, 1.807) is 24.3 Å². The van der Waals surface area contributed by atoms with Gasteiger partial charge in [0.25, 0.3) is 0 Å². The van der Waals surface area contributed by atoms with Crippen molar-refractivity contribution in [3.63, 3.8) is 0 Å². The van der Waals surface area contributed by atoms with Crippen LogP contribution in [0.1, 0.15) is 5.56 Å². The van der Waals surface area contributed by atoms with Gasteiger partial charge in [-0.15, -0.1) is 0 Å². The number of hydrogen-bond donors (Lipinski definition) is 1. The van der Waals surface area contributed by atoms with Crippen molar-refractivity contribution < 1.29 is 8.78 Å². The first-order chi connectivity index (χ1) is 8.56. The standard InChI is InChI=1S/C13H9Br2F2N/c14-10-3-1-8(5-12(10)16)7-18-9-2-4-11(15)13(17)6-9/h1-6,18H,7H2. The Morgan fingerprint density at radius 1 is 0.889 bits per heavy atom. The van der Waals surface area contributed by atoms with Crippen LogP contribution in [0.5, 0.6) is 0 Å². The summed E-state index contributed by atoms with van der Waals surface area (Å²) in [5, 5.41) is 3.03. The van der Waals surface area contributed by atoms with Crippen molar-refractivity contribution in [1.82, 2.24) is 0 Å². The molecule has 2 rings (SSSR count). The van der Waals surface area contributed by atoms with E-state index in [9.17, 15) is 8.78 Å². The van der Waals surface area contributed by atoms with Crippen LogP contribution in [-0.4, -0.2) is 0 Å². The van der Waals surface area contributed by atoms with Gasteiger partial charge < -0.3 is 5.32 Å². The molecule has 0 aliphatic carbocycles. The highest BCUT2D eigenvalue weighted by Crippen LogP contribution is 2.21. The molecule has 0 bridgehead atoms. The van der Waals surface area contributed by atoms with Gasteiger partial charge in [0.2, 0.25) is 0 Å². The second-order valence-corrected chi connectivity index (χ2v) is 5.44. The van der Waals surface area contributed by atoms with Gasteiger partial charge in [0, 0.05) is 12.2 Å². The molecule has 0 aliphatic rings. The number of benzene rings is 2. The van der Waals surface area contributed by atoms with Crippen LogP contribution < -0.4 is 5.32 Å². The molecule has 0 amide bonds. The summed E-state index contributed by atoms with van der Waals surface area (Å²) in [5.41, 5.74) is 1.44. The Kier molecular flexibility index (Phi) is 4.35. The molecular weight excluding hydrogens is 368 g/mol. The first-order valence-electron chi connectivity index (χ1n) is 5.19. The quantitative estimate of drug-likeness (QED) is 0.785. The van der Waals surface area contributed by atoms with Crippen molar-refractivity contribution in [2.75, 3.05) is 5.32 Å². The van der Waals surface area contributed by atoms with Crippen LogP contribution in [0.2, 0.25) is 0 Å². The lowest BCUT2D eigenvalue weighted by Gasteiger charge is -2.07. The lowest BCUT2D eigenvalue weighted by molar-refractivity contribution is 0.618. The number of halogens is 4. The van der Waals surface area contributed by atoms with Gasteiger partial charge in [-0.05, 0) is 67.8 Å². The van der Waals surface area contributed by atoms with Crippen LogP contribution in [0.3, 0.4) is 0 Å². The van der Waals surface area contributed by atoms with E-state index in [0.717, 1.165) is 5.56 Å². The van der Waals surface area contributed by atoms with Crippen LogP contribution in [0.25, 0.3) is 0 Å². The monoisotopic (exact) mass is 375 g/mol. The molecule has 0 aliphatic heterocycles. The minimum Gasteiger partial charge on any atom is -0.381 e. The molecule has 0 atom stereocenters. The lowest BCUT2D eigenvalue weighted by atomic mass is 10.2. The molecule has 0 aromatic heterocycles. The summed E-state index contributed by atoms with van der Waals surface area (Å²) in [5.74, 6) is -0.640. The largest absolute Gasteiger partial charge is 0.381 e. The fourth-order valence-corrected chi connectivity index (χ4v) is 1.95. The van der Waals surface area contributed by atoms with Crippen LogP contribution in [0.4, 0.5) is 14.5 Å². The van der Waals surface area contributed by atoms with Crippen molar-refractivity contribution >= 4 is 37.5 Å². The minimum absolute atomic E-state index is 0.309. The molecule has 0 unspecified atom stereocenters. The van der Waals surface area contributed by atoms with Gasteiger partial charge in [0.05, 0.1) is 8.95 Å². The highest BCUT2D eigenvalue weighted by atomic mass is 79.9. The Hall–Kier alpha value is -0.940. The number of hydrogen-bond acceptors (Lipinski definition) is 1. The number of anilines is 1. The van der Waals surface area contributed by atoms with E-state index in [2.05, 4.69) is 37.2 Å². The lowest BCUT2D eigenvalue weighted by Crippen LogP contribution is -2.00. The Balaban J connectivity index is 2.06. The van der Waals surface area contributed by atoms with E-state index in [0.29, 0.717) is 21.2 Å². The van der Waals surface area contributed by atoms with Crippen LogP contribution in [0.15, 0.2) is 45.3 Å². The van der Waals surface area contributed by atoms with Crippen LogP contribution in [-0.2, 0) is 6.54 Å². The molecule has 18 heavy (non-hydrogen) atoms. The maximum atomic E-state index is 13.3. The average Bonchev–Trinajstić information content (AvgIpc) is 2.35. The molecular formula is C13H9Br2F2N. The molecule has 0 heterocycles. The number of nitrogens with one attached hydrogen (secondary N) is 1. The molecule has 5 heteroatoms. The molecule has 0 saturated heterocycles. The van der Waals surface area contributed by atoms with Crippen LogP contribution >= 0.6 is 31.9 Å². The first kappa shape index (κ1) is 13.5. The summed E-state index contributed by atoms with van der Waals surface area (Å²) in [6, 6.07) is 9.65. The second-order valence-electron chi connectivity index (χ2n) is 3.73. The molecule has 1 N–H and O–H groups in total. The van der Waals surface area contributed by atoms with E-state index < -0.39 is 0 Å². The maximum Gasteiger partial charge on any atom is 0.139 e. The van der Waals surface area contributed by atoms with Gasteiger partial charge in [-0.3, -0.25) is 0 Å². The van der Waals surface area contributed by atoms with Crippen molar-refractivity contribution in [3.05, 3.63) is 62.5 Å². The van der Waals surface area contributed by atoms with Gasteiger partial charge >= 0.3 is 0 Å². The third-order valence-electron chi connectivity index (χ3n) is 2.40. The molecule has 2 aromatic carbocycles. The third-order valence-corrected chi connectivity index (χ3v) is 3.69. The van der Waals surface area contributed by atoms with Crippen molar-refractivity contribution in [1.29, 1.82) is 0 Å². The third kappa shape index (κ3) is 3.29. The molecule has 1 nitrogen and oxygen atoms in total. The van der Waals surface area contributed by atoms with E-state index >= 15 is 0 Å². The van der Waals surface area contributed by atoms with Gasteiger partial charge in [-0.25, -0.2) is 8.78 Å². The summed E-state index contributed by atoms with van der Waals surface area (Å²) in [4.78, 5) is 0. The van der Waals surface area contributed by atoms with Crippen molar-refractivity contribution in [3.8, 4) is 0 Å². The highest BCUT2D eigenvalue weighted by Gasteiger charge is 2.02. The Morgan fingerprint density at radius 3 is 2.11 bits per heavy atom. The Bertz CT molecular complexity index is 521. The normalized spacial score (nSPS) is 10.4. The Morgan fingerprint density at radius 2 is 1.50 bits per heavy atom. The zero-order valence-corrected chi connectivity index (χ0v) is 12.4. The topological polar surface area (TPSA) is 12.0 Å². The van der Waals surface area contributed by atoms with Gasteiger partial charge in [0.1, 0.15) is 11.6 Å². The van der Waals surface area contributed by atoms with Crippen molar-refractivity contribution in [2.45, 2.75) is 6.54 Å². The molecule has 0 spiro atoms. The van der Waals surface area contributed by atoms with E-state index in [4.69, 9.17) is 0 Å². The highest BCUT2D eigenvalue weighted by molar-refractivity contribution is 9.10. The zero-order valence-electron chi connectivity index (χ0n) is 9.18.